The molecule has 4 aliphatic rings. The van der Waals surface area contributed by atoms with Crippen molar-refractivity contribution in [1.82, 2.24) is 25.0 Å². The van der Waals surface area contributed by atoms with E-state index in [0.29, 0.717) is 6.04 Å². The normalized spacial score (nSPS) is 29.1. The highest BCUT2D eigenvalue weighted by Crippen LogP contribution is 2.16. The summed E-state index contributed by atoms with van der Waals surface area (Å²) < 4.78 is 0. The number of rotatable bonds is 4. The fourth-order valence-electron chi connectivity index (χ4n) is 4.20. The molecule has 7 heteroatoms. The van der Waals surface area contributed by atoms with Gasteiger partial charge in [-0.15, -0.1) is 0 Å². The number of nitrogens with zero attached hydrogens (tertiary/aromatic N) is 6. The number of guanidine groups is 1. The summed E-state index contributed by atoms with van der Waals surface area (Å²) in [6, 6.07) is 6.71. The second-order valence-corrected chi connectivity index (χ2v) is 7.35. The lowest BCUT2D eigenvalue weighted by Crippen LogP contribution is -2.62. The third-order valence-electron chi connectivity index (χ3n) is 5.73. The van der Waals surface area contributed by atoms with Crippen LogP contribution in [-0.2, 0) is 0 Å². The molecule has 4 fully saturated rings. The Labute approximate surface area is 156 Å². The number of pyridine rings is 1. The zero-order valence-electron chi connectivity index (χ0n) is 15.8. The first kappa shape index (κ1) is 17.5. The molecule has 4 saturated heterocycles. The van der Waals surface area contributed by atoms with Crippen LogP contribution in [0.5, 0.6) is 0 Å². The molecule has 0 spiro atoms. The van der Waals surface area contributed by atoms with Gasteiger partial charge in [0.25, 0.3) is 0 Å². The first-order valence-electron chi connectivity index (χ1n) is 9.99. The van der Waals surface area contributed by atoms with E-state index in [9.17, 15) is 0 Å². The molecular formula is C19H31N7. The Kier molecular flexibility index (Phi) is 5.55. The van der Waals surface area contributed by atoms with Crippen LogP contribution >= 0.6 is 0 Å². The van der Waals surface area contributed by atoms with E-state index >= 15 is 0 Å². The molecular weight excluding hydrogens is 326 g/mol. The zero-order valence-corrected chi connectivity index (χ0v) is 15.8. The summed E-state index contributed by atoms with van der Waals surface area (Å²) in [5, 5.41) is 3.50. The minimum Gasteiger partial charge on any atom is -0.357 e. The van der Waals surface area contributed by atoms with E-state index in [4.69, 9.17) is 4.99 Å². The third-order valence-corrected chi connectivity index (χ3v) is 5.73. The predicted molar refractivity (Wildman–Crippen MR) is 106 cm³/mol. The predicted octanol–water partition coefficient (Wildman–Crippen LogP) is 0.169. The van der Waals surface area contributed by atoms with E-state index in [-0.39, 0.29) is 0 Å². The second-order valence-electron chi connectivity index (χ2n) is 7.35. The number of fused-ring (bicyclic) bond motifs is 3. The first-order chi connectivity index (χ1) is 12.8. The van der Waals surface area contributed by atoms with Crippen molar-refractivity contribution in [2.24, 2.45) is 4.99 Å². The maximum atomic E-state index is 5.01. The second kappa shape index (κ2) is 8.22. The number of nitrogens with one attached hydrogen (secondary N) is 1. The molecule has 5 rings (SSSR count). The van der Waals surface area contributed by atoms with Crippen LogP contribution in [-0.4, -0.2) is 104 Å². The van der Waals surface area contributed by atoms with Crippen LogP contribution in [0.25, 0.3) is 0 Å². The van der Waals surface area contributed by atoms with Crippen LogP contribution < -0.4 is 10.2 Å². The summed E-state index contributed by atoms with van der Waals surface area (Å²) >= 11 is 0. The molecule has 0 radical (unpaired) electrons. The minimum absolute atomic E-state index is 0.584. The van der Waals surface area contributed by atoms with Gasteiger partial charge in [-0.05, 0) is 19.1 Å². The van der Waals surface area contributed by atoms with E-state index in [1.54, 1.807) is 0 Å². The van der Waals surface area contributed by atoms with Gasteiger partial charge in [0.1, 0.15) is 5.82 Å². The number of aliphatic imine (C=N–C) groups is 1. The van der Waals surface area contributed by atoms with Gasteiger partial charge in [0.15, 0.2) is 5.96 Å². The summed E-state index contributed by atoms with van der Waals surface area (Å²) in [5.74, 6) is 2.15. The number of hydrogen-bond acceptors (Lipinski definition) is 5. The molecule has 1 aromatic heterocycles. The minimum atomic E-state index is 0.584. The van der Waals surface area contributed by atoms with Crippen LogP contribution in [0, 0.1) is 0 Å². The lowest BCUT2D eigenvalue weighted by molar-refractivity contribution is 0.0173. The van der Waals surface area contributed by atoms with Gasteiger partial charge in [0, 0.05) is 77.7 Å². The van der Waals surface area contributed by atoms with E-state index in [2.05, 4.69) is 49.0 Å². The molecule has 1 aromatic rings. The zero-order chi connectivity index (χ0) is 17.8. The Balaban J connectivity index is 1.35. The van der Waals surface area contributed by atoms with E-state index in [1.807, 2.05) is 12.3 Å². The molecule has 0 saturated carbocycles. The molecule has 1 unspecified atom stereocenters. The van der Waals surface area contributed by atoms with Crippen LogP contribution in [0.3, 0.4) is 0 Å². The molecule has 0 aliphatic carbocycles. The van der Waals surface area contributed by atoms with Gasteiger partial charge in [-0.3, -0.25) is 14.8 Å². The van der Waals surface area contributed by atoms with Crippen LogP contribution in [0.2, 0.25) is 0 Å². The molecule has 5 heterocycles. The number of anilines is 1. The molecule has 0 amide bonds. The molecule has 4 aliphatic heterocycles. The molecule has 142 valence electrons. The summed E-state index contributed by atoms with van der Waals surface area (Å²) in [6.07, 6.45) is 1.87. The third kappa shape index (κ3) is 3.94. The van der Waals surface area contributed by atoms with Crippen molar-refractivity contribution in [1.29, 1.82) is 0 Å². The maximum absolute atomic E-state index is 5.01. The van der Waals surface area contributed by atoms with Crippen LogP contribution in [0.4, 0.5) is 5.82 Å². The van der Waals surface area contributed by atoms with Crippen molar-refractivity contribution in [3.05, 3.63) is 24.4 Å². The number of aromatic nitrogens is 1. The highest BCUT2D eigenvalue weighted by molar-refractivity contribution is 5.80. The summed E-state index contributed by atoms with van der Waals surface area (Å²) in [7, 11) is 0. The average molecular weight is 358 g/mol. The molecule has 0 aromatic carbocycles. The quantitative estimate of drug-likeness (QED) is 0.612. The van der Waals surface area contributed by atoms with Gasteiger partial charge < -0.3 is 15.1 Å². The lowest BCUT2D eigenvalue weighted by Gasteiger charge is -2.47. The van der Waals surface area contributed by atoms with E-state index in [0.717, 1.165) is 51.0 Å². The Hall–Kier alpha value is -1.86. The van der Waals surface area contributed by atoms with Crippen LogP contribution in [0.1, 0.15) is 6.92 Å². The molecule has 7 nitrogen and oxygen atoms in total. The summed E-state index contributed by atoms with van der Waals surface area (Å²) in [6.45, 7) is 14.0. The smallest absolute Gasteiger partial charge is 0.194 e. The Morgan fingerprint density at radius 2 is 1.92 bits per heavy atom. The van der Waals surface area contributed by atoms with Gasteiger partial charge >= 0.3 is 0 Å². The van der Waals surface area contributed by atoms with Crippen LogP contribution in [0.15, 0.2) is 29.4 Å². The number of hydrogen-bond donors (Lipinski definition) is 1. The Morgan fingerprint density at radius 1 is 1.12 bits per heavy atom. The Bertz CT molecular complexity index is 589. The van der Waals surface area contributed by atoms with Crippen molar-refractivity contribution < 1.29 is 0 Å². The standard InChI is InChI=1S/C19H31N7/c1-2-20-19(22-15-17-16-23-7-9-24(17)10-8-23)26-13-11-25(12-14-26)18-5-3-4-6-21-18/h3-6,17H,2,7-16H2,1H3,(H,20,22). The highest BCUT2D eigenvalue weighted by atomic mass is 15.4. The Morgan fingerprint density at radius 3 is 2.54 bits per heavy atom. The summed E-state index contributed by atoms with van der Waals surface area (Å²) in [4.78, 5) is 19.4. The van der Waals surface area contributed by atoms with Gasteiger partial charge in [-0.1, -0.05) is 6.07 Å². The maximum Gasteiger partial charge on any atom is 0.194 e. The fourth-order valence-corrected chi connectivity index (χ4v) is 4.20. The molecule has 26 heavy (non-hydrogen) atoms. The van der Waals surface area contributed by atoms with Crippen molar-refractivity contribution >= 4 is 11.8 Å². The lowest BCUT2D eigenvalue weighted by atomic mass is 10.1. The SMILES string of the molecule is CCNC(=NCC1CN2CCN1CC2)N1CCN(c2ccccn2)CC1. The average Bonchev–Trinajstić information content (AvgIpc) is 2.73. The first-order valence-corrected chi connectivity index (χ1v) is 9.99. The van der Waals surface area contributed by atoms with E-state index in [1.165, 1.54) is 32.7 Å². The van der Waals surface area contributed by atoms with Crippen molar-refractivity contribution in [3.8, 4) is 0 Å². The topological polar surface area (TPSA) is 50.2 Å². The van der Waals surface area contributed by atoms with Crippen molar-refractivity contribution in [2.75, 3.05) is 76.9 Å². The fraction of sp³-hybridized carbons (Fsp3) is 0.684. The highest BCUT2D eigenvalue weighted by Gasteiger charge is 2.31. The summed E-state index contributed by atoms with van der Waals surface area (Å²) in [5.41, 5.74) is 0. The molecule has 1 atom stereocenters. The molecule has 1 N–H and O–H groups in total. The van der Waals surface area contributed by atoms with Gasteiger partial charge in [0.2, 0.25) is 0 Å². The van der Waals surface area contributed by atoms with E-state index < -0.39 is 0 Å². The monoisotopic (exact) mass is 357 g/mol. The van der Waals surface area contributed by atoms with Gasteiger partial charge in [0.05, 0.1) is 6.54 Å². The largest absolute Gasteiger partial charge is 0.357 e. The molecule has 2 bridgehead atoms. The van der Waals surface area contributed by atoms with Gasteiger partial charge in [-0.25, -0.2) is 4.98 Å². The van der Waals surface area contributed by atoms with Crippen molar-refractivity contribution in [2.45, 2.75) is 13.0 Å². The number of piperazine rings is 4. The van der Waals surface area contributed by atoms with Gasteiger partial charge in [-0.2, -0.15) is 0 Å². The van der Waals surface area contributed by atoms with Crippen molar-refractivity contribution in [3.63, 3.8) is 0 Å².